The monoisotopic (exact) mass is 588 g/mol. The third-order valence-corrected chi connectivity index (χ3v) is 8.22. The number of hydrogen-bond donors (Lipinski definition) is 0. The average molecular weight is 589 g/mol. The Morgan fingerprint density at radius 3 is 1.85 bits per heavy atom. The van der Waals surface area contributed by atoms with E-state index in [1.807, 2.05) is 18.3 Å². The molecule has 1 aromatic heterocycles. The molecule has 1 heterocycles. The Morgan fingerprint density at radius 1 is 0.478 bits per heavy atom. The number of fused-ring (bicyclic) bond motifs is 1. The SMILES string of the molecule is C=C/N=C(\C=C(\c1ccc(-c2cccnc2)cc1)c1cccc(-c2ccc3ccccc3c2)c1)c1cccc(-c2ccccc2)c1. The summed E-state index contributed by atoms with van der Waals surface area (Å²) in [6.45, 7) is 3.96. The average Bonchev–Trinajstić information content (AvgIpc) is 3.14. The molecule has 0 aliphatic carbocycles. The summed E-state index contributed by atoms with van der Waals surface area (Å²) in [6.07, 6.45) is 7.50. The van der Waals surface area contributed by atoms with Gasteiger partial charge in [0.15, 0.2) is 0 Å². The van der Waals surface area contributed by atoms with Crippen molar-refractivity contribution >= 4 is 22.1 Å². The van der Waals surface area contributed by atoms with Crippen LogP contribution in [0.1, 0.15) is 16.7 Å². The molecule has 0 fully saturated rings. The molecule has 0 N–H and O–H groups in total. The van der Waals surface area contributed by atoms with Crippen molar-refractivity contribution in [3.8, 4) is 33.4 Å². The summed E-state index contributed by atoms with van der Waals surface area (Å²) in [4.78, 5) is 9.11. The van der Waals surface area contributed by atoms with E-state index in [1.54, 1.807) is 12.4 Å². The lowest BCUT2D eigenvalue weighted by Crippen LogP contribution is -2.00. The molecule has 2 heteroatoms. The van der Waals surface area contributed by atoms with Crippen LogP contribution in [0.2, 0.25) is 0 Å². The summed E-state index contributed by atoms with van der Waals surface area (Å²) < 4.78 is 0. The highest BCUT2D eigenvalue weighted by Gasteiger charge is 2.12. The van der Waals surface area contributed by atoms with Crippen molar-refractivity contribution in [1.29, 1.82) is 0 Å². The highest BCUT2D eigenvalue weighted by Crippen LogP contribution is 2.32. The van der Waals surface area contributed by atoms with E-state index in [1.165, 1.54) is 21.9 Å². The largest absolute Gasteiger partial charge is 0.264 e. The van der Waals surface area contributed by atoms with Crippen LogP contribution in [-0.4, -0.2) is 10.7 Å². The molecule has 0 unspecified atom stereocenters. The molecule has 0 spiro atoms. The van der Waals surface area contributed by atoms with Crippen molar-refractivity contribution in [2.45, 2.75) is 0 Å². The standard InChI is InChI=1S/C44H32N2/c1-2-46-44(41-18-9-15-37(29-41)32-11-4-3-5-12-32)30-43(35-23-20-34(21-24-35)42-19-10-26-45-31-42)40-17-8-16-38(28-40)39-25-22-33-13-6-7-14-36(33)27-39/h2-31H,1H2/b43-30-,46-44+. The summed E-state index contributed by atoms with van der Waals surface area (Å²) in [5.41, 5.74) is 12.0. The van der Waals surface area contributed by atoms with Crippen LogP contribution < -0.4 is 0 Å². The van der Waals surface area contributed by atoms with Gasteiger partial charge in [0.2, 0.25) is 0 Å². The van der Waals surface area contributed by atoms with E-state index in [2.05, 4.69) is 163 Å². The van der Waals surface area contributed by atoms with Crippen molar-refractivity contribution in [2.24, 2.45) is 4.99 Å². The van der Waals surface area contributed by atoms with E-state index in [-0.39, 0.29) is 0 Å². The molecule has 0 saturated heterocycles. The second-order valence-corrected chi connectivity index (χ2v) is 11.2. The lowest BCUT2D eigenvalue weighted by atomic mass is 9.91. The van der Waals surface area contributed by atoms with Crippen LogP contribution in [0.25, 0.3) is 49.7 Å². The molecule has 2 nitrogen and oxygen atoms in total. The van der Waals surface area contributed by atoms with Crippen LogP contribution in [0.15, 0.2) is 194 Å². The van der Waals surface area contributed by atoms with Gasteiger partial charge in [0.25, 0.3) is 0 Å². The molecule has 0 bridgehead atoms. The van der Waals surface area contributed by atoms with Crippen LogP contribution in [0.3, 0.4) is 0 Å². The smallest absolute Gasteiger partial charge is 0.0708 e. The summed E-state index contributed by atoms with van der Waals surface area (Å²) in [6, 6.07) is 55.6. The lowest BCUT2D eigenvalue weighted by molar-refractivity contribution is 1.33. The molecular formula is C44H32N2. The van der Waals surface area contributed by atoms with Gasteiger partial charge in [0.1, 0.15) is 0 Å². The predicted octanol–water partition coefficient (Wildman–Crippen LogP) is 11.3. The van der Waals surface area contributed by atoms with Crippen LogP contribution >= 0.6 is 0 Å². The maximum absolute atomic E-state index is 4.80. The Balaban J connectivity index is 1.35. The highest BCUT2D eigenvalue weighted by atomic mass is 14.7. The Morgan fingerprint density at radius 2 is 1.09 bits per heavy atom. The van der Waals surface area contributed by atoms with E-state index in [9.17, 15) is 0 Å². The van der Waals surface area contributed by atoms with E-state index in [0.29, 0.717) is 0 Å². The number of rotatable bonds is 8. The molecule has 7 rings (SSSR count). The fraction of sp³-hybridized carbons (Fsp3) is 0. The van der Waals surface area contributed by atoms with Crippen molar-refractivity contribution in [2.75, 3.05) is 0 Å². The van der Waals surface area contributed by atoms with Gasteiger partial charge >= 0.3 is 0 Å². The molecule has 0 radical (unpaired) electrons. The minimum atomic E-state index is 0.843. The first-order valence-electron chi connectivity index (χ1n) is 15.4. The maximum atomic E-state index is 4.80. The molecule has 218 valence electrons. The third kappa shape index (κ3) is 6.24. The molecular weight excluding hydrogens is 556 g/mol. The van der Waals surface area contributed by atoms with Gasteiger partial charge < -0.3 is 0 Å². The van der Waals surface area contributed by atoms with Crippen molar-refractivity contribution < 1.29 is 0 Å². The van der Waals surface area contributed by atoms with E-state index >= 15 is 0 Å². The predicted molar refractivity (Wildman–Crippen MR) is 195 cm³/mol. The fourth-order valence-corrected chi connectivity index (χ4v) is 5.86. The molecule has 7 aromatic rings. The van der Waals surface area contributed by atoms with Crippen LogP contribution in [0, 0.1) is 0 Å². The maximum Gasteiger partial charge on any atom is 0.0708 e. The minimum absolute atomic E-state index is 0.843. The minimum Gasteiger partial charge on any atom is -0.264 e. The Hall–Kier alpha value is -6.12. The van der Waals surface area contributed by atoms with Crippen molar-refractivity contribution in [3.05, 3.63) is 206 Å². The summed E-state index contributed by atoms with van der Waals surface area (Å²) >= 11 is 0. The number of nitrogens with zero attached hydrogens (tertiary/aromatic N) is 2. The zero-order valence-corrected chi connectivity index (χ0v) is 25.4. The zero-order valence-electron chi connectivity index (χ0n) is 25.4. The van der Waals surface area contributed by atoms with Gasteiger partial charge in [-0.3, -0.25) is 9.98 Å². The van der Waals surface area contributed by atoms with Gasteiger partial charge in [0, 0.05) is 24.2 Å². The van der Waals surface area contributed by atoms with Gasteiger partial charge in [-0.05, 0) is 91.2 Å². The van der Waals surface area contributed by atoms with Crippen LogP contribution in [0.5, 0.6) is 0 Å². The Labute approximate surface area is 270 Å². The van der Waals surface area contributed by atoms with Crippen LogP contribution in [0.4, 0.5) is 0 Å². The second-order valence-electron chi connectivity index (χ2n) is 11.2. The number of benzene rings is 6. The van der Waals surface area contributed by atoms with Gasteiger partial charge in [-0.1, -0.05) is 140 Å². The quantitative estimate of drug-likeness (QED) is 0.162. The molecule has 0 amide bonds. The first-order chi connectivity index (χ1) is 22.7. The summed E-state index contributed by atoms with van der Waals surface area (Å²) in [5, 5.41) is 2.46. The zero-order chi connectivity index (χ0) is 31.1. The summed E-state index contributed by atoms with van der Waals surface area (Å²) in [7, 11) is 0. The van der Waals surface area contributed by atoms with Crippen molar-refractivity contribution in [3.63, 3.8) is 0 Å². The van der Waals surface area contributed by atoms with Crippen molar-refractivity contribution in [1.82, 2.24) is 4.98 Å². The highest BCUT2D eigenvalue weighted by molar-refractivity contribution is 6.14. The molecule has 0 aliphatic heterocycles. The topological polar surface area (TPSA) is 25.2 Å². The Kier molecular flexibility index (Phi) is 8.25. The normalized spacial score (nSPS) is 11.8. The first-order valence-corrected chi connectivity index (χ1v) is 15.4. The van der Waals surface area contributed by atoms with Crippen LogP contribution in [-0.2, 0) is 0 Å². The van der Waals surface area contributed by atoms with Gasteiger partial charge in [-0.25, -0.2) is 0 Å². The molecule has 0 aliphatic rings. The van der Waals surface area contributed by atoms with E-state index in [0.717, 1.165) is 50.2 Å². The molecule has 0 saturated carbocycles. The van der Waals surface area contributed by atoms with E-state index < -0.39 is 0 Å². The second kappa shape index (κ2) is 13.3. The van der Waals surface area contributed by atoms with Gasteiger partial charge in [0.05, 0.1) is 5.71 Å². The third-order valence-electron chi connectivity index (χ3n) is 8.22. The number of aliphatic imine (C=N–C) groups is 1. The molecule has 46 heavy (non-hydrogen) atoms. The number of hydrogen-bond acceptors (Lipinski definition) is 2. The van der Waals surface area contributed by atoms with Gasteiger partial charge in [-0.15, -0.1) is 0 Å². The van der Waals surface area contributed by atoms with E-state index in [4.69, 9.17) is 4.99 Å². The first kappa shape index (κ1) is 28.6. The molecule has 0 atom stereocenters. The Bertz CT molecular complexity index is 2190. The number of allylic oxidation sites excluding steroid dienone is 1. The fourth-order valence-electron chi connectivity index (χ4n) is 5.86. The van der Waals surface area contributed by atoms with Gasteiger partial charge in [-0.2, -0.15) is 0 Å². The molecule has 6 aromatic carbocycles. The lowest BCUT2D eigenvalue weighted by Gasteiger charge is -2.14. The number of aromatic nitrogens is 1. The summed E-state index contributed by atoms with van der Waals surface area (Å²) in [5.74, 6) is 0. The number of pyridine rings is 1.